The lowest BCUT2D eigenvalue weighted by Crippen LogP contribution is -2.47. The van der Waals surface area contributed by atoms with Crippen LogP contribution in [-0.2, 0) is 16.1 Å². The molecule has 4 N–H and O–H groups in total. The maximum absolute atomic E-state index is 12.8. The monoisotopic (exact) mass is 461 g/mol. The molecule has 33 heavy (non-hydrogen) atoms. The van der Waals surface area contributed by atoms with Gasteiger partial charge in [-0.25, -0.2) is 0 Å². The lowest BCUT2D eigenvalue weighted by molar-refractivity contribution is -0.128. The highest BCUT2D eigenvalue weighted by Crippen LogP contribution is 2.20. The smallest absolute Gasteiger partial charge is 0.242 e. The zero-order chi connectivity index (χ0) is 23.5. The standard InChI is InChI=1S/C27H31N3O2S/c1-2-3-9-25(30-26(31)19-33-24-16-14-23(28)15-17-24)27(32)29-18-20-10-12-22(13-11-20)21-7-5-4-6-8-21/h4-8,10-17,25H,2-3,9,18-19,28H2,1H3,(H,29,32)(H,30,31). The van der Waals surface area contributed by atoms with Gasteiger partial charge in [0.2, 0.25) is 11.8 Å². The summed E-state index contributed by atoms with van der Waals surface area (Å²) in [5.41, 5.74) is 9.70. The van der Waals surface area contributed by atoms with Crippen molar-refractivity contribution in [2.75, 3.05) is 11.5 Å². The molecule has 3 rings (SSSR count). The van der Waals surface area contributed by atoms with Crippen LogP contribution in [0.2, 0.25) is 0 Å². The summed E-state index contributed by atoms with van der Waals surface area (Å²) in [6, 6.07) is 25.2. The Morgan fingerprint density at radius 1 is 0.909 bits per heavy atom. The van der Waals surface area contributed by atoms with Crippen LogP contribution in [-0.4, -0.2) is 23.6 Å². The summed E-state index contributed by atoms with van der Waals surface area (Å²) in [6.45, 7) is 2.49. The second kappa shape index (κ2) is 12.7. The van der Waals surface area contributed by atoms with Gasteiger partial charge in [-0.3, -0.25) is 9.59 Å². The molecular formula is C27H31N3O2S. The van der Waals surface area contributed by atoms with Gasteiger partial charge >= 0.3 is 0 Å². The van der Waals surface area contributed by atoms with Gasteiger partial charge in [0, 0.05) is 17.1 Å². The number of benzene rings is 3. The highest BCUT2D eigenvalue weighted by molar-refractivity contribution is 8.00. The van der Waals surface area contributed by atoms with E-state index in [2.05, 4.69) is 41.8 Å². The number of hydrogen-bond acceptors (Lipinski definition) is 4. The lowest BCUT2D eigenvalue weighted by Gasteiger charge is -2.18. The number of thioether (sulfide) groups is 1. The Labute approximate surface area is 200 Å². The molecule has 6 heteroatoms. The summed E-state index contributed by atoms with van der Waals surface area (Å²) in [7, 11) is 0. The van der Waals surface area contributed by atoms with Crippen LogP contribution in [0.5, 0.6) is 0 Å². The van der Waals surface area contributed by atoms with Crippen molar-refractivity contribution >= 4 is 29.3 Å². The molecule has 0 radical (unpaired) electrons. The number of nitrogen functional groups attached to an aromatic ring is 1. The van der Waals surface area contributed by atoms with Crippen LogP contribution in [0.3, 0.4) is 0 Å². The molecule has 5 nitrogen and oxygen atoms in total. The van der Waals surface area contributed by atoms with Crippen LogP contribution in [0.4, 0.5) is 5.69 Å². The van der Waals surface area contributed by atoms with Gasteiger partial charge in [-0.15, -0.1) is 11.8 Å². The SMILES string of the molecule is CCCCC(NC(=O)CSc1ccc(N)cc1)C(=O)NCc1ccc(-c2ccccc2)cc1. The topological polar surface area (TPSA) is 84.2 Å². The first kappa shape index (κ1) is 24.4. The second-order valence-corrected chi connectivity index (χ2v) is 8.95. The van der Waals surface area contributed by atoms with E-state index in [4.69, 9.17) is 5.73 Å². The number of amides is 2. The lowest BCUT2D eigenvalue weighted by atomic mass is 10.0. The molecule has 0 aliphatic heterocycles. The Morgan fingerprint density at radius 2 is 1.58 bits per heavy atom. The van der Waals surface area contributed by atoms with Crippen LogP contribution in [0.25, 0.3) is 11.1 Å². The molecule has 0 spiro atoms. The molecule has 0 heterocycles. The zero-order valence-electron chi connectivity index (χ0n) is 18.9. The van der Waals surface area contributed by atoms with Crippen LogP contribution >= 0.6 is 11.8 Å². The molecular weight excluding hydrogens is 430 g/mol. The minimum atomic E-state index is -0.534. The fraction of sp³-hybridized carbons (Fsp3) is 0.259. The molecule has 2 amide bonds. The molecule has 1 atom stereocenters. The molecule has 0 aromatic heterocycles. The zero-order valence-corrected chi connectivity index (χ0v) is 19.7. The number of hydrogen-bond donors (Lipinski definition) is 3. The van der Waals surface area contributed by atoms with Gasteiger partial charge in [-0.05, 0) is 47.4 Å². The van der Waals surface area contributed by atoms with E-state index in [1.807, 2.05) is 54.6 Å². The van der Waals surface area contributed by atoms with Crippen molar-refractivity contribution in [1.82, 2.24) is 10.6 Å². The van der Waals surface area contributed by atoms with Gasteiger partial charge in [0.1, 0.15) is 6.04 Å². The summed E-state index contributed by atoms with van der Waals surface area (Å²) in [6.07, 6.45) is 2.45. The van der Waals surface area contributed by atoms with Crippen molar-refractivity contribution in [1.29, 1.82) is 0 Å². The molecule has 0 saturated heterocycles. The highest BCUT2D eigenvalue weighted by Gasteiger charge is 2.20. The summed E-state index contributed by atoms with van der Waals surface area (Å²) in [5, 5.41) is 5.88. The first-order valence-electron chi connectivity index (χ1n) is 11.2. The predicted molar refractivity (Wildman–Crippen MR) is 137 cm³/mol. The number of nitrogens with one attached hydrogen (secondary N) is 2. The number of nitrogens with two attached hydrogens (primary N) is 1. The highest BCUT2D eigenvalue weighted by atomic mass is 32.2. The molecule has 3 aromatic rings. The molecule has 3 aromatic carbocycles. The van der Waals surface area contributed by atoms with Crippen molar-refractivity contribution < 1.29 is 9.59 Å². The average Bonchev–Trinajstić information content (AvgIpc) is 2.85. The number of carbonyl (C=O) groups is 2. The first-order valence-corrected chi connectivity index (χ1v) is 12.2. The molecule has 0 aliphatic rings. The third-order valence-corrected chi connectivity index (χ3v) is 6.29. The van der Waals surface area contributed by atoms with Gasteiger partial charge in [0.15, 0.2) is 0 Å². The Bertz CT molecular complexity index is 1020. The Morgan fingerprint density at radius 3 is 2.24 bits per heavy atom. The third kappa shape index (κ3) is 7.99. The van der Waals surface area contributed by atoms with Crippen molar-refractivity contribution in [3.8, 4) is 11.1 Å². The molecule has 0 saturated carbocycles. The van der Waals surface area contributed by atoms with Crippen molar-refractivity contribution in [3.05, 3.63) is 84.4 Å². The van der Waals surface area contributed by atoms with E-state index in [-0.39, 0.29) is 17.6 Å². The Kier molecular flexibility index (Phi) is 9.39. The van der Waals surface area contributed by atoms with E-state index >= 15 is 0 Å². The van der Waals surface area contributed by atoms with E-state index in [0.717, 1.165) is 34.4 Å². The number of unbranched alkanes of at least 4 members (excludes halogenated alkanes) is 1. The van der Waals surface area contributed by atoms with Crippen molar-refractivity contribution in [3.63, 3.8) is 0 Å². The fourth-order valence-corrected chi connectivity index (χ4v) is 4.09. The number of rotatable bonds is 11. The van der Waals surface area contributed by atoms with Crippen molar-refractivity contribution in [2.45, 2.75) is 43.7 Å². The normalized spacial score (nSPS) is 11.5. The molecule has 1 unspecified atom stereocenters. The number of anilines is 1. The molecule has 0 aliphatic carbocycles. The van der Waals surface area contributed by atoms with E-state index in [1.165, 1.54) is 11.8 Å². The quantitative estimate of drug-likeness (QED) is 0.277. The van der Waals surface area contributed by atoms with Gasteiger partial charge in [0.25, 0.3) is 0 Å². The van der Waals surface area contributed by atoms with E-state index in [0.29, 0.717) is 18.7 Å². The maximum Gasteiger partial charge on any atom is 0.242 e. The van der Waals surface area contributed by atoms with Crippen LogP contribution < -0.4 is 16.4 Å². The van der Waals surface area contributed by atoms with Gasteiger partial charge in [-0.1, -0.05) is 74.4 Å². The predicted octanol–water partition coefficient (Wildman–Crippen LogP) is 5.02. The minimum absolute atomic E-state index is 0.151. The minimum Gasteiger partial charge on any atom is -0.399 e. The Balaban J connectivity index is 1.51. The second-order valence-electron chi connectivity index (χ2n) is 7.90. The third-order valence-electron chi connectivity index (χ3n) is 5.28. The summed E-state index contributed by atoms with van der Waals surface area (Å²) in [5.74, 6) is -0.0532. The molecule has 0 bridgehead atoms. The van der Waals surface area contributed by atoms with Crippen LogP contribution in [0.1, 0.15) is 31.7 Å². The maximum atomic E-state index is 12.8. The van der Waals surface area contributed by atoms with Crippen molar-refractivity contribution in [2.24, 2.45) is 0 Å². The van der Waals surface area contributed by atoms with Gasteiger partial charge < -0.3 is 16.4 Å². The summed E-state index contributed by atoms with van der Waals surface area (Å²) in [4.78, 5) is 26.2. The van der Waals surface area contributed by atoms with E-state index in [1.54, 1.807) is 0 Å². The Hall–Kier alpha value is -3.25. The fourth-order valence-electron chi connectivity index (χ4n) is 3.38. The molecule has 0 fully saturated rings. The van der Waals surface area contributed by atoms with Gasteiger partial charge in [0.05, 0.1) is 5.75 Å². The first-order chi connectivity index (χ1) is 16.0. The largest absolute Gasteiger partial charge is 0.399 e. The average molecular weight is 462 g/mol. The number of carbonyl (C=O) groups excluding carboxylic acids is 2. The van der Waals surface area contributed by atoms with Gasteiger partial charge in [-0.2, -0.15) is 0 Å². The summed E-state index contributed by atoms with van der Waals surface area (Å²) < 4.78 is 0. The van der Waals surface area contributed by atoms with E-state index < -0.39 is 6.04 Å². The molecule has 172 valence electrons. The van der Waals surface area contributed by atoms with Crippen LogP contribution in [0.15, 0.2) is 83.8 Å². The summed E-state index contributed by atoms with van der Waals surface area (Å²) >= 11 is 1.43. The van der Waals surface area contributed by atoms with E-state index in [9.17, 15) is 9.59 Å². The van der Waals surface area contributed by atoms with Crippen LogP contribution in [0, 0.1) is 0 Å².